The van der Waals surface area contributed by atoms with Crippen LogP contribution < -0.4 is 10.1 Å². The third-order valence-corrected chi connectivity index (χ3v) is 5.90. The van der Waals surface area contributed by atoms with E-state index in [4.69, 9.17) is 16.3 Å². The number of allylic oxidation sites excluding steroid dienone is 1. The van der Waals surface area contributed by atoms with E-state index < -0.39 is 0 Å². The zero-order chi connectivity index (χ0) is 18.6. The SMILES string of the molecule is COc1ccc(C(C)=O)c(NC(=O)C2CCCC(C(C)C)=CS2)c1Cl. The summed E-state index contributed by atoms with van der Waals surface area (Å²) < 4.78 is 5.20. The van der Waals surface area contributed by atoms with Gasteiger partial charge in [0.15, 0.2) is 5.78 Å². The first kappa shape index (κ1) is 19.9. The third kappa shape index (κ3) is 4.79. The predicted molar refractivity (Wildman–Crippen MR) is 105 cm³/mol. The van der Waals surface area contributed by atoms with Crippen LogP contribution in [-0.2, 0) is 4.79 Å². The second-order valence-corrected chi connectivity index (χ2v) is 7.87. The molecule has 1 heterocycles. The summed E-state index contributed by atoms with van der Waals surface area (Å²) >= 11 is 7.87. The molecule has 0 saturated heterocycles. The maximum Gasteiger partial charge on any atom is 0.237 e. The van der Waals surface area contributed by atoms with Gasteiger partial charge in [-0.2, -0.15) is 0 Å². The van der Waals surface area contributed by atoms with Crippen molar-refractivity contribution in [2.45, 2.75) is 45.3 Å². The molecule has 1 aliphatic rings. The molecule has 0 aliphatic carbocycles. The average Bonchev–Trinajstić information content (AvgIpc) is 2.82. The summed E-state index contributed by atoms with van der Waals surface area (Å²) in [4.78, 5) is 24.6. The largest absolute Gasteiger partial charge is 0.495 e. The maximum atomic E-state index is 12.8. The molecule has 0 bridgehead atoms. The minimum atomic E-state index is -0.196. The molecule has 1 aliphatic heterocycles. The van der Waals surface area contributed by atoms with Crippen LogP contribution in [0.25, 0.3) is 0 Å². The van der Waals surface area contributed by atoms with Crippen molar-refractivity contribution in [3.8, 4) is 5.75 Å². The average molecular weight is 382 g/mol. The molecule has 25 heavy (non-hydrogen) atoms. The summed E-state index contributed by atoms with van der Waals surface area (Å²) in [7, 11) is 1.50. The van der Waals surface area contributed by atoms with Crippen molar-refractivity contribution in [2.75, 3.05) is 12.4 Å². The zero-order valence-electron chi connectivity index (χ0n) is 15.0. The molecular weight excluding hydrogens is 358 g/mol. The second-order valence-electron chi connectivity index (χ2n) is 6.41. The second kappa shape index (κ2) is 8.77. The number of ether oxygens (including phenoxy) is 1. The van der Waals surface area contributed by atoms with E-state index >= 15 is 0 Å². The van der Waals surface area contributed by atoms with Gasteiger partial charge in [0, 0.05) is 5.56 Å². The summed E-state index contributed by atoms with van der Waals surface area (Å²) in [5.74, 6) is 0.628. The highest BCUT2D eigenvalue weighted by Crippen LogP contribution is 2.37. The maximum absolute atomic E-state index is 12.8. The summed E-state index contributed by atoms with van der Waals surface area (Å²) in [5, 5.41) is 5.02. The molecule has 6 heteroatoms. The lowest BCUT2D eigenvalue weighted by atomic mass is 9.99. The molecule has 136 valence electrons. The molecule has 1 aromatic rings. The van der Waals surface area contributed by atoms with Crippen molar-refractivity contribution in [3.63, 3.8) is 0 Å². The van der Waals surface area contributed by atoms with Crippen LogP contribution in [-0.4, -0.2) is 24.1 Å². The zero-order valence-corrected chi connectivity index (χ0v) is 16.6. The quantitative estimate of drug-likeness (QED) is 0.701. The van der Waals surface area contributed by atoms with E-state index in [9.17, 15) is 9.59 Å². The Bertz CT molecular complexity index is 700. The van der Waals surface area contributed by atoms with E-state index in [1.54, 1.807) is 23.9 Å². The molecule has 1 unspecified atom stereocenters. The normalized spacial score (nSPS) is 17.7. The lowest BCUT2D eigenvalue weighted by Gasteiger charge is -2.17. The highest BCUT2D eigenvalue weighted by molar-refractivity contribution is 8.03. The third-order valence-electron chi connectivity index (χ3n) is 4.30. The van der Waals surface area contributed by atoms with Gasteiger partial charge in [-0.15, -0.1) is 11.8 Å². The highest BCUT2D eigenvalue weighted by atomic mass is 35.5. The number of Topliss-reactive ketones (excluding diaryl/α,β-unsaturated/α-hetero) is 1. The van der Waals surface area contributed by atoms with Gasteiger partial charge in [0.05, 0.1) is 18.0 Å². The minimum absolute atomic E-state index is 0.135. The number of hydrogen-bond acceptors (Lipinski definition) is 4. The van der Waals surface area contributed by atoms with Gasteiger partial charge >= 0.3 is 0 Å². The van der Waals surface area contributed by atoms with Crippen LogP contribution in [0.15, 0.2) is 23.1 Å². The number of methoxy groups -OCH3 is 1. The van der Waals surface area contributed by atoms with Crippen LogP contribution in [0.3, 0.4) is 0 Å². The summed E-state index contributed by atoms with van der Waals surface area (Å²) in [6.07, 6.45) is 2.79. The van der Waals surface area contributed by atoms with Gasteiger partial charge in [0.25, 0.3) is 0 Å². The Balaban J connectivity index is 2.24. The number of carbonyl (C=O) groups excluding carboxylic acids is 2. The molecule has 1 amide bonds. The smallest absolute Gasteiger partial charge is 0.237 e. The van der Waals surface area contributed by atoms with Crippen molar-refractivity contribution in [1.82, 2.24) is 0 Å². The van der Waals surface area contributed by atoms with Crippen molar-refractivity contribution >= 4 is 40.7 Å². The molecule has 4 nitrogen and oxygen atoms in total. The van der Waals surface area contributed by atoms with E-state index in [0.29, 0.717) is 22.9 Å². The van der Waals surface area contributed by atoms with Gasteiger partial charge in [0.1, 0.15) is 10.8 Å². The molecule has 0 spiro atoms. The van der Waals surface area contributed by atoms with Gasteiger partial charge < -0.3 is 10.1 Å². The lowest BCUT2D eigenvalue weighted by Crippen LogP contribution is -2.25. The molecule has 1 aromatic carbocycles. The molecule has 2 rings (SSSR count). The van der Waals surface area contributed by atoms with Gasteiger partial charge in [-0.1, -0.05) is 31.0 Å². The first-order valence-corrected chi connectivity index (χ1v) is 9.69. The predicted octanol–water partition coefficient (Wildman–Crippen LogP) is 5.32. The fraction of sp³-hybridized carbons (Fsp3) is 0.474. The molecule has 0 radical (unpaired) electrons. The molecule has 1 atom stereocenters. The summed E-state index contributed by atoms with van der Waals surface area (Å²) in [6, 6.07) is 3.26. The van der Waals surface area contributed by atoms with Crippen molar-refractivity contribution < 1.29 is 14.3 Å². The number of hydrogen-bond donors (Lipinski definition) is 1. The van der Waals surface area contributed by atoms with Gasteiger partial charge in [-0.05, 0) is 49.6 Å². The van der Waals surface area contributed by atoms with Crippen LogP contribution in [0.2, 0.25) is 5.02 Å². The first-order chi connectivity index (χ1) is 11.8. The Hall–Kier alpha value is -1.46. The van der Waals surface area contributed by atoms with Crippen LogP contribution in [0.4, 0.5) is 5.69 Å². The number of amides is 1. The number of nitrogens with one attached hydrogen (secondary N) is 1. The van der Waals surface area contributed by atoms with Crippen molar-refractivity contribution in [2.24, 2.45) is 5.92 Å². The standard InChI is InChI=1S/C19H24ClNO3S/c1-11(2)13-6-5-7-16(25-10-13)19(23)21-18-14(12(3)22)8-9-15(24-4)17(18)20/h8-11,16H,5-7H2,1-4H3,(H,21,23). The van der Waals surface area contributed by atoms with E-state index in [1.807, 2.05) is 0 Å². The van der Waals surface area contributed by atoms with E-state index in [2.05, 4.69) is 24.6 Å². The number of carbonyl (C=O) groups is 2. The topological polar surface area (TPSA) is 55.4 Å². The fourth-order valence-electron chi connectivity index (χ4n) is 2.74. The fourth-order valence-corrected chi connectivity index (χ4v) is 4.24. The Morgan fingerprint density at radius 3 is 2.68 bits per heavy atom. The Kier molecular flexibility index (Phi) is 6.96. The summed E-state index contributed by atoms with van der Waals surface area (Å²) in [6.45, 7) is 5.79. The highest BCUT2D eigenvalue weighted by Gasteiger charge is 2.24. The monoisotopic (exact) mass is 381 g/mol. The minimum Gasteiger partial charge on any atom is -0.495 e. The Morgan fingerprint density at radius 1 is 1.36 bits per heavy atom. The van der Waals surface area contributed by atoms with E-state index in [0.717, 1.165) is 19.3 Å². The van der Waals surface area contributed by atoms with Crippen molar-refractivity contribution in [1.29, 1.82) is 0 Å². The molecule has 0 saturated carbocycles. The van der Waals surface area contributed by atoms with Crippen LogP contribution in [0.5, 0.6) is 5.75 Å². The number of rotatable bonds is 5. The molecule has 1 N–H and O–H groups in total. The molecule has 0 fully saturated rings. The van der Waals surface area contributed by atoms with E-state index in [1.165, 1.54) is 19.6 Å². The van der Waals surface area contributed by atoms with Gasteiger partial charge in [0.2, 0.25) is 5.91 Å². The number of benzene rings is 1. The summed E-state index contributed by atoms with van der Waals surface area (Å²) in [5.41, 5.74) is 2.09. The van der Waals surface area contributed by atoms with E-state index in [-0.39, 0.29) is 22.0 Å². The van der Waals surface area contributed by atoms with Crippen LogP contribution >= 0.6 is 23.4 Å². The molecule has 0 aromatic heterocycles. The van der Waals surface area contributed by atoms with Gasteiger partial charge in [-0.25, -0.2) is 0 Å². The number of thioether (sulfide) groups is 1. The number of anilines is 1. The van der Waals surface area contributed by atoms with Gasteiger partial charge in [-0.3, -0.25) is 9.59 Å². The number of halogens is 1. The van der Waals surface area contributed by atoms with Crippen molar-refractivity contribution in [3.05, 3.63) is 33.7 Å². The Morgan fingerprint density at radius 2 is 2.08 bits per heavy atom. The Labute approximate surface area is 158 Å². The lowest BCUT2D eigenvalue weighted by molar-refractivity contribution is -0.115. The first-order valence-electron chi connectivity index (χ1n) is 8.37. The number of ketones is 1. The van der Waals surface area contributed by atoms with Crippen LogP contribution in [0, 0.1) is 5.92 Å². The molecular formula is C19H24ClNO3S. The van der Waals surface area contributed by atoms with Crippen LogP contribution in [0.1, 0.15) is 50.4 Å².